The number of aryl methyl sites for hydroxylation is 1. The van der Waals surface area contributed by atoms with E-state index in [9.17, 15) is 4.79 Å². The fraction of sp³-hybridized carbons (Fsp3) is 0.231. The number of hydrogen-bond donors (Lipinski definition) is 3. The SMILES string of the molecule is Cc1[nH]c(N)nc1-c1ccc2c(c1)NC(=O)C(C)S2. The number of anilines is 2. The largest absolute Gasteiger partial charge is 0.369 e. The number of aromatic amines is 1. The molecule has 2 aromatic rings. The Balaban J connectivity index is 2.05. The van der Waals surface area contributed by atoms with Crippen LogP contribution >= 0.6 is 11.8 Å². The van der Waals surface area contributed by atoms with Crippen LogP contribution in [0.3, 0.4) is 0 Å². The minimum Gasteiger partial charge on any atom is -0.369 e. The number of imidazole rings is 1. The maximum atomic E-state index is 11.7. The first kappa shape index (κ1) is 12.1. The van der Waals surface area contributed by atoms with Crippen molar-refractivity contribution in [3.63, 3.8) is 0 Å². The summed E-state index contributed by atoms with van der Waals surface area (Å²) in [5.41, 5.74) is 9.17. The predicted molar refractivity (Wildman–Crippen MR) is 77.1 cm³/mol. The molecule has 0 saturated carbocycles. The summed E-state index contributed by atoms with van der Waals surface area (Å²) in [6.07, 6.45) is 0. The predicted octanol–water partition coefficient (Wildman–Crippen LogP) is 2.40. The van der Waals surface area contributed by atoms with Crippen molar-refractivity contribution < 1.29 is 4.79 Å². The number of nitrogen functional groups attached to an aromatic ring is 1. The van der Waals surface area contributed by atoms with Crippen molar-refractivity contribution >= 4 is 29.3 Å². The molecule has 1 aromatic heterocycles. The number of nitrogens with two attached hydrogens (primary N) is 1. The maximum absolute atomic E-state index is 11.7. The van der Waals surface area contributed by atoms with Gasteiger partial charge >= 0.3 is 0 Å². The number of benzene rings is 1. The minimum atomic E-state index is -0.0545. The molecule has 1 aromatic carbocycles. The summed E-state index contributed by atoms with van der Waals surface area (Å²) in [5, 5.41) is 2.86. The summed E-state index contributed by atoms with van der Waals surface area (Å²) in [7, 11) is 0. The van der Waals surface area contributed by atoms with Gasteiger partial charge in [-0.1, -0.05) is 6.07 Å². The molecule has 2 heterocycles. The first-order valence-corrected chi connectivity index (χ1v) is 6.86. The molecule has 0 spiro atoms. The van der Waals surface area contributed by atoms with Crippen LogP contribution in [0.2, 0.25) is 0 Å². The molecule has 6 heteroatoms. The molecular formula is C13H14N4OS. The third-order valence-corrected chi connectivity index (χ3v) is 4.26. The number of thioether (sulfide) groups is 1. The highest BCUT2D eigenvalue weighted by Crippen LogP contribution is 2.38. The van der Waals surface area contributed by atoms with Crippen molar-refractivity contribution in [2.75, 3.05) is 11.1 Å². The maximum Gasteiger partial charge on any atom is 0.237 e. The second kappa shape index (κ2) is 4.31. The number of fused-ring (bicyclic) bond motifs is 1. The van der Waals surface area contributed by atoms with Gasteiger partial charge in [0.25, 0.3) is 0 Å². The van der Waals surface area contributed by atoms with E-state index in [1.807, 2.05) is 32.0 Å². The molecule has 3 rings (SSSR count). The molecule has 0 saturated heterocycles. The van der Waals surface area contributed by atoms with Crippen molar-refractivity contribution in [2.45, 2.75) is 24.0 Å². The first-order valence-electron chi connectivity index (χ1n) is 5.98. The Labute approximate surface area is 115 Å². The van der Waals surface area contributed by atoms with E-state index in [-0.39, 0.29) is 11.2 Å². The van der Waals surface area contributed by atoms with Crippen LogP contribution in [0.4, 0.5) is 11.6 Å². The molecule has 5 nitrogen and oxygen atoms in total. The van der Waals surface area contributed by atoms with Crippen molar-refractivity contribution in [3.05, 3.63) is 23.9 Å². The van der Waals surface area contributed by atoms with Gasteiger partial charge < -0.3 is 16.0 Å². The molecular weight excluding hydrogens is 260 g/mol. The van der Waals surface area contributed by atoms with Crippen molar-refractivity contribution in [1.82, 2.24) is 9.97 Å². The molecule has 1 unspecified atom stereocenters. The summed E-state index contributed by atoms with van der Waals surface area (Å²) in [6.45, 7) is 3.82. The first-order chi connectivity index (χ1) is 9.04. The van der Waals surface area contributed by atoms with Crippen molar-refractivity contribution in [1.29, 1.82) is 0 Å². The van der Waals surface area contributed by atoms with E-state index in [0.717, 1.165) is 27.5 Å². The van der Waals surface area contributed by atoms with Crippen LogP contribution in [0.25, 0.3) is 11.3 Å². The summed E-state index contributed by atoms with van der Waals surface area (Å²) in [4.78, 5) is 20.0. The number of rotatable bonds is 1. The molecule has 1 amide bonds. The Morgan fingerprint density at radius 3 is 2.89 bits per heavy atom. The Hall–Kier alpha value is -1.95. The van der Waals surface area contributed by atoms with E-state index in [0.29, 0.717) is 5.95 Å². The molecule has 1 aliphatic heterocycles. The van der Waals surface area contributed by atoms with Crippen LogP contribution < -0.4 is 11.1 Å². The van der Waals surface area contributed by atoms with Crippen LogP contribution in [0.15, 0.2) is 23.1 Å². The van der Waals surface area contributed by atoms with E-state index in [4.69, 9.17) is 5.73 Å². The lowest BCUT2D eigenvalue weighted by Gasteiger charge is -2.21. The van der Waals surface area contributed by atoms with Gasteiger partial charge in [-0.3, -0.25) is 4.79 Å². The Morgan fingerprint density at radius 2 is 2.21 bits per heavy atom. The Morgan fingerprint density at radius 1 is 1.42 bits per heavy atom. The van der Waals surface area contributed by atoms with E-state index >= 15 is 0 Å². The third-order valence-electron chi connectivity index (χ3n) is 3.09. The van der Waals surface area contributed by atoms with Crippen LogP contribution in [-0.4, -0.2) is 21.1 Å². The van der Waals surface area contributed by atoms with E-state index < -0.39 is 0 Å². The molecule has 0 fully saturated rings. The van der Waals surface area contributed by atoms with Crippen LogP contribution in [-0.2, 0) is 4.79 Å². The Kier molecular flexibility index (Phi) is 2.74. The topological polar surface area (TPSA) is 83.8 Å². The fourth-order valence-electron chi connectivity index (χ4n) is 2.12. The van der Waals surface area contributed by atoms with Gasteiger partial charge in [0, 0.05) is 16.2 Å². The van der Waals surface area contributed by atoms with Crippen LogP contribution in [0.5, 0.6) is 0 Å². The number of H-pyrrole nitrogens is 1. The third kappa shape index (κ3) is 2.08. The zero-order valence-electron chi connectivity index (χ0n) is 10.7. The zero-order chi connectivity index (χ0) is 13.6. The number of nitrogens with zero attached hydrogens (tertiary/aromatic N) is 1. The van der Waals surface area contributed by atoms with Gasteiger partial charge in [-0.05, 0) is 26.0 Å². The highest BCUT2D eigenvalue weighted by molar-refractivity contribution is 8.00. The van der Waals surface area contributed by atoms with Crippen molar-refractivity contribution in [2.24, 2.45) is 0 Å². The van der Waals surface area contributed by atoms with Crippen LogP contribution in [0, 0.1) is 6.92 Å². The molecule has 0 bridgehead atoms. The molecule has 98 valence electrons. The minimum absolute atomic E-state index is 0.0351. The lowest BCUT2D eigenvalue weighted by molar-refractivity contribution is -0.115. The van der Waals surface area contributed by atoms with Gasteiger partial charge in [0.1, 0.15) is 0 Å². The molecule has 19 heavy (non-hydrogen) atoms. The molecule has 0 aliphatic carbocycles. The van der Waals surface area contributed by atoms with Gasteiger partial charge in [0.2, 0.25) is 5.91 Å². The number of carbonyl (C=O) groups excluding carboxylic acids is 1. The van der Waals surface area contributed by atoms with Gasteiger partial charge in [-0.15, -0.1) is 11.8 Å². The number of amides is 1. The van der Waals surface area contributed by atoms with Crippen LogP contribution in [0.1, 0.15) is 12.6 Å². The molecule has 1 atom stereocenters. The highest BCUT2D eigenvalue weighted by atomic mass is 32.2. The lowest BCUT2D eigenvalue weighted by atomic mass is 10.1. The van der Waals surface area contributed by atoms with E-state index in [2.05, 4.69) is 15.3 Å². The average molecular weight is 274 g/mol. The molecule has 4 N–H and O–H groups in total. The van der Waals surface area contributed by atoms with Gasteiger partial charge in [0.05, 0.1) is 16.6 Å². The number of nitrogens with one attached hydrogen (secondary N) is 2. The summed E-state index contributed by atoms with van der Waals surface area (Å²) in [6, 6.07) is 5.95. The zero-order valence-corrected chi connectivity index (χ0v) is 11.5. The van der Waals surface area contributed by atoms with E-state index in [1.165, 1.54) is 0 Å². The normalized spacial score (nSPS) is 18.0. The lowest BCUT2D eigenvalue weighted by Crippen LogP contribution is -2.26. The van der Waals surface area contributed by atoms with E-state index in [1.54, 1.807) is 11.8 Å². The highest BCUT2D eigenvalue weighted by Gasteiger charge is 2.23. The Bertz CT molecular complexity index is 665. The van der Waals surface area contributed by atoms with Gasteiger partial charge in [0.15, 0.2) is 5.95 Å². The second-order valence-electron chi connectivity index (χ2n) is 4.56. The fourth-order valence-corrected chi connectivity index (χ4v) is 3.05. The summed E-state index contributed by atoms with van der Waals surface area (Å²) in [5.74, 6) is 0.435. The quantitative estimate of drug-likeness (QED) is 0.745. The number of carbonyl (C=O) groups is 1. The van der Waals surface area contributed by atoms with Gasteiger partial charge in [-0.25, -0.2) is 4.98 Å². The van der Waals surface area contributed by atoms with Gasteiger partial charge in [-0.2, -0.15) is 0 Å². The molecule has 1 aliphatic rings. The average Bonchev–Trinajstić information content (AvgIpc) is 2.69. The smallest absolute Gasteiger partial charge is 0.237 e. The molecule has 0 radical (unpaired) electrons. The number of hydrogen-bond acceptors (Lipinski definition) is 4. The summed E-state index contributed by atoms with van der Waals surface area (Å²) >= 11 is 1.57. The van der Waals surface area contributed by atoms with Crippen molar-refractivity contribution in [3.8, 4) is 11.3 Å². The standard InChI is InChI=1S/C13H14N4OS/c1-6-11(17-13(14)15-6)8-3-4-10-9(5-8)16-12(18)7(2)19-10/h3-5,7H,1-2H3,(H,16,18)(H3,14,15,17). The number of aromatic nitrogens is 2. The summed E-state index contributed by atoms with van der Waals surface area (Å²) < 4.78 is 0. The monoisotopic (exact) mass is 274 g/mol. The second-order valence-corrected chi connectivity index (χ2v) is 5.94.